The number of nitrogens with one attached hydrogen (secondary N) is 1. The molecule has 116 valence electrons. The summed E-state index contributed by atoms with van der Waals surface area (Å²) < 4.78 is 0. The van der Waals surface area contributed by atoms with Crippen molar-refractivity contribution in [2.24, 2.45) is 0 Å². The Morgan fingerprint density at radius 2 is 1.83 bits per heavy atom. The molecular formula is C16H12ClN3OS2. The number of nitrogens with zero attached hydrogens (tertiary/aromatic N) is 2. The summed E-state index contributed by atoms with van der Waals surface area (Å²) in [6, 6.07) is 16.7. The molecule has 1 amide bonds. The second-order valence-corrected chi connectivity index (χ2v) is 7.11. The van der Waals surface area contributed by atoms with E-state index in [1.165, 1.54) is 11.3 Å². The van der Waals surface area contributed by atoms with Gasteiger partial charge < -0.3 is 0 Å². The first-order chi connectivity index (χ1) is 11.2. The van der Waals surface area contributed by atoms with Crippen molar-refractivity contribution in [2.45, 2.75) is 10.6 Å². The molecule has 0 unspecified atom stereocenters. The Hall–Kier alpha value is -1.89. The zero-order valence-electron chi connectivity index (χ0n) is 11.9. The van der Waals surface area contributed by atoms with E-state index in [9.17, 15) is 4.79 Å². The van der Waals surface area contributed by atoms with Crippen molar-refractivity contribution < 1.29 is 4.79 Å². The third kappa shape index (κ3) is 4.54. The van der Waals surface area contributed by atoms with Crippen molar-refractivity contribution in [3.8, 4) is 0 Å². The molecule has 2 aromatic carbocycles. The normalized spacial score (nSPS) is 10.5. The summed E-state index contributed by atoms with van der Waals surface area (Å²) in [6.45, 7) is 0. The Bertz CT molecular complexity index is 791. The molecule has 0 bridgehead atoms. The molecule has 0 atom stereocenters. The van der Waals surface area contributed by atoms with Crippen molar-refractivity contribution in [3.05, 3.63) is 70.2 Å². The third-order valence-electron chi connectivity index (χ3n) is 2.90. The lowest BCUT2D eigenvalue weighted by molar-refractivity contribution is 0.102. The largest absolute Gasteiger partial charge is 0.296 e. The maximum Gasteiger partial charge on any atom is 0.257 e. The minimum Gasteiger partial charge on any atom is -0.296 e. The Morgan fingerprint density at radius 3 is 2.57 bits per heavy atom. The van der Waals surface area contributed by atoms with Gasteiger partial charge in [0.2, 0.25) is 5.13 Å². The van der Waals surface area contributed by atoms with E-state index in [4.69, 9.17) is 11.6 Å². The summed E-state index contributed by atoms with van der Waals surface area (Å²) in [6.07, 6.45) is 0. The van der Waals surface area contributed by atoms with Crippen LogP contribution in [0.25, 0.3) is 0 Å². The number of hydrogen-bond acceptors (Lipinski definition) is 5. The highest BCUT2D eigenvalue weighted by molar-refractivity contribution is 7.98. The zero-order chi connectivity index (χ0) is 16.1. The van der Waals surface area contributed by atoms with Gasteiger partial charge in [0, 0.05) is 15.5 Å². The van der Waals surface area contributed by atoms with E-state index in [2.05, 4.69) is 15.5 Å². The van der Waals surface area contributed by atoms with Gasteiger partial charge in [-0.25, -0.2) is 0 Å². The summed E-state index contributed by atoms with van der Waals surface area (Å²) in [5.41, 5.74) is 0.597. The Kier molecular flexibility index (Phi) is 5.27. The topological polar surface area (TPSA) is 54.9 Å². The van der Waals surface area contributed by atoms with Crippen LogP contribution in [0.1, 0.15) is 15.4 Å². The van der Waals surface area contributed by atoms with Crippen LogP contribution >= 0.6 is 34.7 Å². The molecule has 0 aliphatic heterocycles. The lowest BCUT2D eigenvalue weighted by atomic mass is 10.2. The van der Waals surface area contributed by atoms with Gasteiger partial charge in [0.15, 0.2) is 0 Å². The van der Waals surface area contributed by atoms with Crippen LogP contribution in [-0.4, -0.2) is 16.1 Å². The number of carbonyl (C=O) groups is 1. The molecule has 7 heteroatoms. The number of thioether (sulfide) groups is 1. The molecular weight excluding hydrogens is 350 g/mol. The minimum absolute atomic E-state index is 0.182. The predicted octanol–water partition coefficient (Wildman–Crippen LogP) is 4.74. The van der Waals surface area contributed by atoms with Crippen molar-refractivity contribution in [3.63, 3.8) is 0 Å². The van der Waals surface area contributed by atoms with Gasteiger partial charge in [0.1, 0.15) is 5.01 Å². The second kappa shape index (κ2) is 7.59. The molecule has 0 saturated carbocycles. The Balaban J connectivity index is 1.57. The highest BCUT2D eigenvalue weighted by atomic mass is 35.5. The average Bonchev–Trinajstić information content (AvgIpc) is 3.02. The van der Waals surface area contributed by atoms with Gasteiger partial charge in [-0.05, 0) is 36.4 Å². The number of benzene rings is 2. The first kappa shape index (κ1) is 16.0. The van der Waals surface area contributed by atoms with Crippen LogP contribution in [0, 0.1) is 0 Å². The third-order valence-corrected chi connectivity index (χ3v) is 5.20. The lowest BCUT2D eigenvalue weighted by Gasteiger charge is -2.00. The number of halogens is 1. The van der Waals surface area contributed by atoms with Crippen LogP contribution in [0.4, 0.5) is 5.13 Å². The predicted molar refractivity (Wildman–Crippen MR) is 95.3 cm³/mol. The average molecular weight is 362 g/mol. The van der Waals surface area contributed by atoms with Crippen LogP contribution in [0.2, 0.25) is 5.02 Å². The smallest absolute Gasteiger partial charge is 0.257 e. The number of carbonyl (C=O) groups excluding carboxylic acids is 1. The quantitative estimate of drug-likeness (QED) is 0.667. The van der Waals surface area contributed by atoms with Crippen LogP contribution in [0.5, 0.6) is 0 Å². The van der Waals surface area contributed by atoms with Gasteiger partial charge in [-0.15, -0.1) is 22.0 Å². The summed E-state index contributed by atoms with van der Waals surface area (Å²) in [7, 11) is 0. The number of aromatic nitrogens is 2. The van der Waals surface area contributed by atoms with E-state index >= 15 is 0 Å². The fourth-order valence-corrected chi connectivity index (χ4v) is 3.54. The monoisotopic (exact) mass is 361 g/mol. The fraction of sp³-hybridized carbons (Fsp3) is 0.0625. The molecule has 1 aromatic heterocycles. The highest BCUT2D eigenvalue weighted by Gasteiger charge is 2.10. The van der Waals surface area contributed by atoms with Gasteiger partial charge >= 0.3 is 0 Å². The number of rotatable bonds is 5. The van der Waals surface area contributed by atoms with Crippen molar-refractivity contribution in [1.29, 1.82) is 0 Å². The molecule has 0 saturated heterocycles. The van der Waals surface area contributed by atoms with Crippen LogP contribution < -0.4 is 5.32 Å². The zero-order valence-corrected chi connectivity index (χ0v) is 14.3. The van der Waals surface area contributed by atoms with E-state index in [0.717, 1.165) is 14.9 Å². The van der Waals surface area contributed by atoms with Gasteiger partial charge in [0.05, 0.1) is 5.75 Å². The van der Waals surface area contributed by atoms with Gasteiger partial charge in [-0.3, -0.25) is 10.1 Å². The summed E-state index contributed by atoms with van der Waals surface area (Å²) in [5.74, 6) is 0.513. The second-order valence-electron chi connectivity index (χ2n) is 4.56. The van der Waals surface area contributed by atoms with Gasteiger partial charge in [-0.2, -0.15) is 0 Å². The molecule has 3 aromatic rings. The standard InChI is InChI=1S/C16H12ClN3OS2/c17-12-6-8-13(9-7-12)22-10-14-19-20-16(23-14)18-15(21)11-4-2-1-3-5-11/h1-9H,10H2,(H,18,20,21). The summed E-state index contributed by atoms with van der Waals surface area (Å²) >= 11 is 8.89. The van der Waals surface area contributed by atoms with E-state index in [-0.39, 0.29) is 5.91 Å². The molecule has 1 heterocycles. The first-order valence-corrected chi connectivity index (χ1v) is 8.96. The molecule has 0 aliphatic carbocycles. The maximum absolute atomic E-state index is 12.0. The molecule has 23 heavy (non-hydrogen) atoms. The van der Waals surface area contributed by atoms with Gasteiger partial charge in [-0.1, -0.05) is 41.1 Å². The minimum atomic E-state index is -0.182. The Labute approximate surface area is 146 Å². The fourth-order valence-electron chi connectivity index (χ4n) is 1.80. The molecule has 3 rings (SSSR count). The lowest BCUT2D eigenvalue weighted by Crippen LogP contribution is -2.11. The maximum atomic E-state index is 12.0. The van der Waals surface area contributed by atoms with Gasteiger partial charge in [0.25, 0.3) is 5.91 Å². The summed E-state index contributed by atoms with van der Waals surface area (Å²) in [5, 5.41) is 13.0. The van der Waals surface area contributed by atoms with E-state index in [1.807, 2.05) is 42.5 Å². The SMILES string of the molecule is O=C(Nc1nnc(CSc2ccc(Cl)cc2)s1)c1ccccc1. The van der Waals surface area contributed by atoms with E-state index in [1.54, 1.807) is 23.9 Å². The van der Waals surface area contributed by atoms with Crippen LogP contribution in [-0.2, 0) is 5.75 Å². The Morgan fingerprint density at radius 1 is 1.09 bits per heavy atom. The summed E-state index contributed by atoms with van der Waals surface area (Å²) in [4.78, 5) is 13.2. The van der Waals surface area contributed by atoms with Crippen molar-refractivity contribution in [2.75, 3.05) is 5.32 Å². The molecule has 0 fully saturated rings. The highest BCUT2D eigenvalue weighted by Crippen LogP contribution is 2.27. The number of amides is 1. The number of hydrogen-bond donors (Lipinski definition) is 1. The molecule has 1 N–H and O–H groups in total. The molecule has 0 spiro atoms. The van der Waals surface area contributed by atoms with E-state index < -0.39 is 0 Å². The van der Waals surface area contributed by atoms with Crippen molar-refractivity contribution in [1.82, 2.24) is 10.2 Å². The van der Waals surface area contributed by atoms with Crippen molar-refractivity contribution >= 4 is 45.7 Å². The van der Waals surface area contributed by atoms with E-state index in [0.29, 0.717) is 16.4 Å². The van der Waals surface area contributed by atoms with Crippen LogP contribution in [0.15, 0.2) is 59.5 Å². The molecule has 4 nitrogen and oxygen atoms in total. The molecule has 0 radical (unpaired) electrons. The molecule has 0 aliphatic rings. The number of anilines is 1. The first-order valence-electron chi connectivity index (χ1n) is 6.78. The van der Waals surface area contributed by atoms with Crippen LogP contribution in [0.3, 0.4) is 0 Å².